The summed E-state index contributed by atoms with van der Waals surface area (Å²) in [5.74, 6) is 0.714. The molecule has 0 bridgehead atoms. The number of allylic oxidation sites excluding steroid dienone is 2. The standard InChI is InChI=1S/C53H34N2/c1-3-11-34(12-4-1)43-17-7-8-18-46-45(43)19-10-20-47(46)50-33-49(54-53(55-50)38-13-5-2-6-14-38)42-26-24-39-31-41(25-23-40(39)32-42)44-29-27-37-22-21-35-15-9-16-36-28-30-48(44)52(37)51(35)36/h1-6,8-33H,7H2. The van der Waals surface area contributed by atoms with E-state index in [-0.39, 0.29) is 0 Å². The molecule has 1 heterocycles. The summed E-state index contributed by atoms with van der Waals surface area (Å²) in [6.07, 6.45) is 7.71. The summed E-state index contributed by atoms with van der Waals surface area (Å²) in [5, 5.41) is 10.2. The Balaban J connectivity index is 1.03. The van der Waals surface area contributed by atoms with E-state index in [1.807, 2.05) is 18.2 Å². The lowest BCUT2D eigenvalue weighted by Crippen LogP contribution is -1.99. The Morgan fingerprint density at radius 1 is 0.382 bits per heavy atom. The van der Waals surface area contributed by atoms with Crippen molar-refractivity contribution in [3.63, 3.8) is 0 Å². The number of rotatable bonds is 5. The highest BCUT2D eigenvalue weighted by Gasteiger charge is 2.18. The van der Waals surface area contributed by atoms with Gasteiger partial charge in [-0.1, -0.05) is 176 Å². The van der Waals surface area contributed by atoms with Gasteiger partial charge in [0.2, 0.25) is 0 Å². The molecule has 55 heavy (non-hydrogen) atoms. The van der Waals surface area contributed by atoms with E-state index in [4.69, 9.17) is 9.97 Å². The van der Waals surface area contributed by atoms with Crippen molar-refractivity contribution in [2.24, 2.45) is 0 Å². The van der Waals surface area contributed by atoms with Gasteiger partial charge in [0, 0.05) is 16.7 Å². The van der Waals surface area contributed by atoms with Crippen molar-refractivity contribution in [1.29, 1.82) is 0 Å². The zero-order chi connectivity index (χ0) is 36.3. The molecule has 10 aromatic rings. The van der Waals surface area contributed by atoms with Crippen molar-refractivity contribution in [3.05, 3.63) is 205 Å². The second-order valence-electron chi connectivity index (χ2n) is 14.5. The summed E-state index contributed by atoms with van der Waals surface area (Å²) < 4.78 is 0. The number of fused-ring (bicyclic) bond motifs is 2. The molecule has 1 aliphatic rings. The van der Waals surface area contributed by atoms with Crippen LogP contribution in [0, 0.1) is 0 Å². The second kappa shape index (κ2) is 12.8. The van der Waals surface area contributed by atoms with Crippen LogP contribution in [0.5, 0.6) is 0 Å². The highest BCUT2D eigenvalue weighted by molar-refractivity contribution is 6.25. The smallest absolute Gasteiger partial charge is 0.160 e. The highest BCUT2D eigenvalue weighted by atomic mass is 14.9. The SMILES string of the molecule is C1=Cc2c(cccc2-c2cc(-c3ccc4cc(-c5ccc6ccc7cccc8ccc5c6c78)ccc4c3)nc(-c3ccccc3)n2)C(c2ccccc2)=CC1. The summed E-state index contributed by atoms with van der Waals surface area (Å²) in [4.78, 5) is 10.4. The molecule has 9 aromatic carbocycles. The molecule has 0 N–H and O–H groups in total. The maximum atomic E-state index is 5.23. The van der Waals surface area contributed by atoms with E-state index in [1.165, 1.54) is 76.5 Å². The molecule has 2 nitrogen and oxygen atoms in total. The van der Waals surface area contributed by atoms with Gasteiger partial charge >= 0.3 is 0 Å². The lowest BCUT2D eigenvalue weighted by Gasteiger charge is -2.16. The molecule has 0 spiro atoms. The third-order valence-electron chi connectivity index (χ3n) is 11.2. The normalized spacial score (nSPS) is 12.7. The van der Waals surface area contributed by atoms with Gasteiger partial charge in [0.1, 0.15) is 0 Å². The first kappa shape index (κ1) is 31.4. The molecule has 0 atom stereocenters. The van der Waals surface area contributed by atoms with Gasteiger partial charge in [0.05, 0.1) is 11.4 Å². The van der Waals surface area contributed by atoms with E-state index in [0.717, 1.165) is 34.5 Å². The molecule has 0 saturated carbocycles. The molecular weight excluding hydrogens is 665 g/mol. The van der Waals surface area contributed by atoms with Gasteiger partial charge in [-0.3, -0.25) is 0 Å². The Labute approximate surface area is 319 Å². The first-order valence-corrected chi connectivity index (χ1v) is 19.0. The molecule has 0 amide bonds. The molecule has 0 unspecified atom stereocenters. The summed E-state index contributed by atoms with van der Waals surface area (Å²) in [6, 6.07) is 63.5. The maximum absolute atomic E-state index is 5.23. The largest absolute Gasteiger partial charge is 0.228 e. The van der Waals surface area contributed by atoms with E-state index in [1.54, 1.807) is 0 Å². The minimum atomic E-state index is 0.714. The van der Waals surface area contributed by atoms with E-state index in [2.05, 4.69) is 176 Å². The van der Waals surface area contributed by atoms with Crippen LogP contribution < -0.4 is 0 Å². The van der Waals surface area contributed by atoms with Crippen LogP contribution in [0.3, 0.4) is 0 Å². The molecule has 0 aliphatic heterocycles. The van der Waals surface area contributed by atoms with E-state index >= 15 is 0 Å². The van der Waals surface area contributed by atoms with Crippen LogP contribution in [-0.2, 0) is 0 Å². The summed E-state index contributed by atoms with van der Waals surface area (Å²) >= 11 is 0. The number of benzene rings is 9. The average Bonchev–Trinajstić information content (AvgIpc) is 3.48. The molecule has 11 rings (SSSR count). The molecule has 0 saturated heterocycles. The van der Waals surface area contributed by atoms with Crippen molar-refractivity contribution in [2.45, 2.75) is 6.42 Å². The van der Waals surface area contributed by atoms with Gasteiger partial charge in [-0.2, -0.15) is 0 Å². The van der Waals surface area contributed by atoms with Gasteiger partial charge < -0.3 is 0 Å². The number of hydrogen-bond donors (Lipinski definition) is 0. The summed E-state index contributed by atoms with van der Waals surface area (Å²) in [5.41, 5.74) is 12.3. The monoisotopic (exact) mass is 698 g/mol. The van der Waals surface area contributed by atoms with Crippen LogP contribution in [0.15, 0.2) is 188 Å². The predicted molar refractivity (Wildman–Crippen MR) is 232 cm³/mol. The van der Waals surface area contributed by atoms with Gasteiger partial charge in [-0.25, -0.2) is 9.97 Å². The molecular formula is C53H34N2. The van der Waals surface area contributed by atoms with Crippen LogP contribution in [0.1, 0.15) is 23.1 Å². The fourth-order valence-corrected chi connectivity index (χ4v) is 8.58. The second-order valence-corrected chi connectivity index (χ2v) is 14.5. The van der Waals surface area contributed by atoms with Crippen LogP contribution in [0.2, 0.25) is 0 Å². The number of hydrogen-bond acceptors (Lipinski definition) is 2. The first-order chi connectivity index (χ1) is 27.2. The maximum Gasteiger partial charge on any atom is 0.160 e. The Bertz CT molecular complexity index is 3140. The van der Waals surface area contributed by atoms with E-state index in [9.17, 15) is 0 Å². The number of aromatic nitrogens is 2. The third-order valence-corrected chi connectivity index (χ3v) is 11.2. The zero-order valence-corrected chi connectivity index (χ0v) is 30.1. The Morgan fingerprint density at radius 2 is 1.00 bits per heavy atom. The van der Waals surface area contributed by atoms with Crippen molar-refractivity contribution in [1.82, 2.24) is 9.97 Å². The average molecular weight is 699 g/mol. The van der Waals surface area contributed by atoms with Crippen molar-refractivity contribution < 1.29 is 0 Å². The molecule has 256 valence electrons. The Hall–Kier alpha value is -7.16. The third kappa shape index (κ3) is 5.34. The summed E-state index contributed by atoms with van der Waals surface area (Å²) in [7, 11) is 0. The van der Waals surface area contributed by atoms with Gasteiger partial charge in [-0.05, 0) is 101 Å². The van der Waals surface area contributed by atoms with Crippen LogP contribution in [-0.4, -0.2) is 9.97 Å². The Kier molecular flexibility index (Phi) is 7.28. The van der Waals surface area contributed by atoms with E-state index in [0.29, 0.717) is 5.82 Å². The van der Waals surface area contributed by atoms with Crippen molar-refractivity contribution >= 4 is 54.7 Å². The minimum absolute atomic E-state index is 0.714. The van der Waals surface area contributed by atoms with Gasteiger partial charge in [0.15, 0.2) is 5.82 Å². The molecule has 2 heteroatoms. The van der Waals surface area contributed by atoms with Gasteiger partial charge in [0.25, 0.3) is 0 Å². The lowest BCUT2D eigenvalue weighted by atomic mass is 9.89. The summed E-state index contributed by atoms with van der Waals surface area (Å²) in [6.45, 7) is 0. The van der Waals surface area contributed by atoms with Crippen LogP contribution in [0.4, 0.5) is 0 Å². The Morgan fingerprint density at radius 3 is 1.80 bits per heavy atom. The van der Waals surface area contributed by atoms with Crippen molar-refractivity contribution in [2.75, 3.05) is 0 Å². The molecule has 0 radical (unpaired) electrons. The van der Waals surface area contributed by atoms with Crippen LogP contribution >= 0.6 is 0 Å². The first-order valence-electron chi connectivity index (χ1n) is 19.0. The lowest BCUT2D eigenvalue weighted by molar-refractivity contribution is 1.18. The molecule has 1 aliphatic carbocycles. The molecule has 1 aromatic heterocycles. The fourth-order valence-electron chi connectivity index (χ4n) is 8.58. The van der Waals surface area contributed by atoms with E-state index < -0.39 is 0 Å². The quantitative estimate of drug-likeness (QED) is 0.167. The fraction of sp³-hybridized carbons (Fsp3) is 0.0189. The predicted octanol–water partition coefficient (Wildman–Crippen LogP) is 14.0. The minimum Gasteiger partial charge on any atom is -0.228 e. The molecule has 0 fully saturated rings. The van der Waals surface area contributed by atoms with Crippen molar-refractivity contribution in [3.8, 4) is 45.0 Å². The van der Waals surface area contributed by atoms with Gasteiger partial charge in [-0.15, -0.1) is 0 Å². The number of nitrogens with zero attached hydrogens (tertiary/aromatic N) is 2. The highest BCUT2D eigenvalue weighted by Crippen LogP contribution is 2.41. The van der Waals surface area contributed by atoms with Crippen LogP contribution in [0.25, 0.3) is 99.8 Å². The zero-order valence-electron chi connectivity index (χ0n) is 30.1. The topological polar surface area (TPSA) is 25.8 Å².